The number of nitrogens with two attached hydrogens (primary N) is 1. The van der Waals surface area contributed by atoms with Crippen LogP contribution in [0.15, 0.2) is 5.16 Å². The first-order chi connectivity index (χ1) is 6.99. The molecule has 1 unspecified atom stereocenters. The third-order valence-corrected chi connectivity index (χ3v) is 3.49. The first-order valence-electron chi connectivity index (χ1n) is 4.33. The number of likely N-dealkylation sites (N-methyl/N-ethyl adjacent to an activating group) is 1. The third kappa shape index (κ3) is 2.66. The molecule has 0 saturated heterocycles. The minimum absolute atomic E-state index is 0.396. The molecule has 1 atom stereocenters. The van der Waals surface area contributed by atoms with E-state index in [0.717, 1.165) is 0 Å². The molecule has 0 aliphatic carbocycles. The number of nitrogens with one attached hydrogen (secondary N) is 1. The number of hydrogen-bond donors (Lipinski definition) is 2. The van der Waals surface area contributed by atoms with Gasteiger partial charge < -0.3 is 11.1 Å². The summed E-state index contributed by atoms with van der Waals surface area (Å²) in [6, 6.07) is 0. The van der Waals surface area contributed by atoms with E-state index in [1.807, 2.05) is 0 Å². The fourth-order valence-corrected chi connectivity index (χ4v) is 1.84. The molecule has 0 aliphatic rings. The van der Waals surface area contributed by atoms with E-state index in [9.17, 15) is 4.79 Å². The lowest BCUT2D eigenvalue weighted by molar-refractivity contribution is -0.122. The molecule has 0 spiro atoms. The Morgan fingerprint density at radius 2 is 2.40 bits per heavy atom. The van der Waals surface area contributed by atoms with Crippen LogP contribution in [0, 0.1) is 0 Å². The molecule has 0 saturated carbocycles. The van der Waals surface area contributed by atoms with Gasteiger partial charge in [-0.05, 0) is 24.4 Å². The summed E-state index contributed by atoms with van der Waals surface area (Å²) >= 11 is 1.38. The van der Waals surface area contributed by atoms with E-state index >= 15 is 0 Å². The van der Waals surface area contributed by atoms with Crippen LogP contribution in [0.2, 0.25) is 0 Å². The fourth-order valence-electron chi connectivity index (χ4n) is 0.819. The van der Waals surface area contributed by atoms with E-state index in [2.05, 4.69) is 20.8 Å². The number of hydrogen-bond acceptors (Lipinski definition) is 6. The number of tetrazole rings is 1. The highest BCUT2D eigenvalue weighted by atomic mass is 32.2. The molecule has 0 aliphatic heterocycles. The van der Waals surface area contributed by atoms with Gasteiger partial charge in [0.15, 0.2) is 0 Å². The first-order valence-corrected chi connectivity index (χ1v) is 5.32. The summed E-state index contributed by atoms with van der Waals surface area (Å²) < 4.78 is 1.54. The molecule has 15 heavy (non-hydrogen) atoms. The molecule has 0 aromatic carbocycles. The Labute approximate surface area is 91.8 Å². The third-order valence-electron chi connectivity index (χ3n) is 2.17. The molecule has 84 valence electrons. The summed E-state index contributed by atoms with van der Waals surface area (Å²) in [6.45, 7) is 1.74. The van der Waals surface area contributed by atoms with Gasteiger partial charge in [-0.3, -0.25) is 4.79 Å². The van der Waals surface area contributed by atoms with Crippen molar-refractivity contribution in [1.82, 2.24) is 25.5 Å². The van der Waals surface area contributed by atoms with Gasteiger partial charge >= 0.3 is 0 Å². The van der Waals surface area contributed by atoms with Crippen LogP contribution in [0.4, 0.5) is 0 Å². The number of carbonyl (C=O) groups excluding carboxylic acids is 1. The zero-order valence-corrected chi connectivity index (χ0v) is 9.71. The predicted octanol–water partition coefficient (Wildman–Crippen LogP) is -1.23. The maximum Gasteiger partial charge on any atom is 0.238 e. The van der Waals surface area contributed by atoms with Crippen LogP contribution >= 0.6 is 11.8 Å². The van der Waals surface area contributed by atoms with Gasteiger partial charge in [0.05, 0.1) is 0 Å². The summed E-state index contributed by atoms with van der Waals surface area (Å²) in [5.74, 6) is 0.0835. The molecular formula is C7H14N6OS. The summed E-state index contributed by atoms with van der Waals surface area (Å²) in [5.41, 5.74) is 4.53. The second-order valence-corrected chi connectivity index (χ2v) is 4.26. The van der Waals surface area contributed by atoms with Crippen molar-refractivity contribution < 1.29 is 4.79 Å². The van der Waals surface area contributed by atoms with Crippen molar-refractivity contribution >= 4 is 17.7 Å². The van der Waals surface area contributed by atoms with Crippen LogP contribution in [0.5, 0.6) is 0 Å². The lowest BCUT2D eigenvalue weighted by Gasteiger charge is -2.24. The Bertz CT molecular complexity index is 353. The van der Waals surface area contributed by atoms with Gasteiger partial charge in [0.2, 0.25) is 11.1 Å². The van der Waals surface area contributed by atoms with E-state index in [1.165, 1.54) is 11.8 Å². The van der Waals surface area contributed by atoms with Gasteiger partial charge in [-0.25, -0.2) is 4.68 Å². The SMILES string of the molecule is CNC(C)(CSc1nnnn1C)C(N)=O. The second-order valence-electron chi connectivity index (χ2n) is 3.32. The molecule has 1 aromatic heterocycles. The summed E-state index contributed by atoms with van der Waals surface area (Å²) in [6.07, 6.45) is 0. The van der Waals surface area contributed by atoms with Crippen molar-refractivity contribution in [3.05, 3.63) is 0 Å². The largest absolute Gasteiger partial charge is 0.368 e. The number of aryl methyl sites for hydroxylation is 1. The second kappa shape index (κ2) is 4.58. The maximum atomic E-state index is 11.2. The zero-order chi connectivity index (χ0) is 11.5. The maximum absolute atomic E-state index is 11.2. The Morgan fingerprint density at radius 1 is 1.73 bits per heavy atom. The first kappa shape index (κ1) is 11.9. The van der Waals surface area contributed by atoms with Crippen LogP contribution in [-0.4, -0.2) is 44.5 Å². The normalized spacial score (nSPS) is 14.9. The molecule has 1 heterocycles. The topological polar surface area (TPSA) is 98.7 Å². The van der Waals surface area contributed by atoms with E-state index < -0.39 is 11.4 Å². The predicted molar refractivity (Wildman–Crippen MR) is 56.2 cm³/mol. The Kier molecular flexibility index (Phi) is 3.64. The van der Waals surface area contributed by atoms with Crippen molar-refractivity contribution in [3.8, 4) is 0 Å². The summed E-state index contributed by atoms with van der Waals surface area (Å²) in [7, 11) is 3.43. The standard InChI is InChI=1S/C7H14N6OS/c1-7(9-2,5(8)14)4-15-6-10-11-12-13(6)3/h9H,4H2,1-3H3,(H2,8,14). The highest BCUT2D eigenvalue weighted by Crippen LogP contribution is 2.18. The van der Waals surface area contributed by atoms with E-state index in [1.54, 1.807) is 25.7 Å². The number of carbonyl (C=O) groups is 1. The number of aromatic nitrogens is 4. The van der Waals surface area contributed by atoms with Gasteiger partial charge in [-0.15, -0.1) is 5.10 Å². The molecule has 0 bridgehead atoms. The van der Waals surface area contributed by atoms with E-state index in [-0.39, 0.29) is 0 Å². The number of amides is 1. The summed E-state index contributed by atoms with van der Waals surface area (Å²) in [5, 5.41) is 14.5. The van der Waals surface area contributed by atoms with E-state index in [4.69, 9.17) is 5.73 Å². The molecule has 1 rings (SSSR count). The van der Waals surface area contributed by atoms with Crippen LogP contribution in [0.25, 0.3) is 0 Å². The average molecular weight is 230 g/mol. The number of thioether (sulfide) groups is 1. The van der Waals surface area contributed by atoms with Crippen molar-refractivity contribution in [1.29, 1.82) is 0 Å². The van der Waals surface area contributed by atoms with Crippen LogP contribution in [0.3, 0.4) is 0 Å². The van der Waals surface area contributed by atoms with Crippen LogP contribution in [-0.2, 0) is 11.8 Å². The van der Waals surface area contributed by atoms with Crippen molar-refractivity contribution in [2.75, 3.05) is 12.8 Å². The highest BCUT2D eigenvalue weighted by molar-refractivity contribution is 7.99. The van der Waals surface area contributed by atoms with Gasteiger partial charge in [-0.1, -0.05) is 11.8 Å². The minimum Gasteiger partial charge on any atom is -0.368 e. The molecule has 7 nitrogen and oxygen atoms in total. The van der Waals surface area contributed by atoms with E-state index in [0.29, 0.717) is 10.9 Å². The molecule has 0 radical (unpaired) electrons. The number of nitrogens with zero attached hydrogens (tertiary/aromatic N) is 4. The van der Waals surface area contributed by atoms with Crippen molar-refractivity contribution in [2.45, 2.75) is 17.6 Å². The van der Waals surface area contributed by atoms with Gasteiger partial charge in [0.25, 0.3) is 0 Å². The van der Waals surface area contributed by atoms with Crippen molar-refractivity contribution in [3.63, 3.8) is 0 Å². The Balaban J connectivity index is 2.63. The smallest absolute Gasteiger partial charge is 0.238 e. The molecule has 3 N–H and O–H groups in total. The number of rotatable bonds is 5. The van der Waals surface area contributed by atoms with Gasteiger partial charge in [0, 0.05) is 12.8 Å². The van der Waals surface area contributed by atoms with Crippen LogP contribution < -0.4 is 11.1 Å². The molecule has 8 heteroatoms. The Morgan fingerprint density at radius 3 is 2.80 bits per heavy atom. The summed E-state index contributed by atoms with van der Waals surface area (Å²) in [4.78, 5) is 11.2. The van der Waals surface area contributed by atoms with Crippen LogP contribution in [0.1, 0.15) is 6.92 Å². The van der Waals surface area contributed by atoms with Gasteiger partial charge in [-0.2, -0.15) is 0 Å². The average Bonchev–Trinajstić information content (AvgIpc) is 2.60. The molecule has 0 fully saturated rings. The molecule has 1 amide bonds. The monoisotopic (exact) mass is 230 g/mol. The fraction of sp³-hybridized carbons (Fsp3) is 0.714. The van der Waals surface area contributed by atoms with Gasteiger partial charge in [0.1, 0.15) is 5.54 Å². The highest BCUT2D eigenvalue weighted by Gasteiger charge is 2.29. The minimum atomic E-state index is -0.753. The lowest BCUT2D eigenvalue weighted by Crippen LogP contribution is -2.53. The lowest BCUT2D eigenvalue weighted by atomic mass is 10.1. The molecular weight excluding hydrogens is 216 g/mol. The van der Waals surface area contributed by atoms with Crippen molar-refractivity contribution in [2.24, 2.45) is 12.8 Å². The number of primary amides is 1. The molecule has 1 aromatic rings. The Hall–Kier alpha value is -1.15. The zero-order valence-electron chi connectivity index (χ0n) is 8.89. The quantitative estimate of drug-likeness (QED) is 0.614.